The molecule has 1 amide bonds. The number of anilines is 2. The van der Waals surface area contributed by atoms with Crippen LogP contribution in [-0.2, 0) is 4.79 Å². The van der Waals surface area contributed by atoms with Crippen LogP contribution < -0.4 is 20.1 Å². The monoisotopic (exact) mass is 390 g/mol. The first kappa shape index (κ1) is 20.3. The molecule has 29 heavy (non-hydrogen) atoms. The standard InChI is InChI=1S/C24H26N2O3/c1-18(2)28-23-15-9-7-13-21(23)26-24(27)16-17-25-20-12-6-8-14-22(20)29-19-10-4-3-5-11-19/h3-15,18,25H,16-17H2,1-2H3,(H,26,27). The van der Waals surface area contributed by atoms with Crippen LogP contribution in [-0.4, -0.2) is 18.6 Å². The van der Waals surface area contributed by atoms with Crippen LogP contribution in [0.3, 0.4) is 0 Å². The number of hydrogen-bond acceptors (Lipinski definition) is 4. The van der Waals surface area contributed by atoms with Gasteiger partial charge >= 0.3 is 0 Å². The fourth-order valence-electron chi connectivity index (χ4n) is 2.77. The smallest absolute Gasteiger partial charge is 0.226 e. The summed E-state index contributed by atoms with van der Waals surface area (Å²) in [7, 11) is 0. The second kappa shape index (κ2) is 10.2. The van der Waals surface area contributed by atoms with Crippen LogP contribution in [0.25, 0.3) is 0 Å². The van der Waals surface area contributed by atoms with E-state index in [-0.39, 0.29) is 12.0 Å². The lowest BCUT2D eigenvalue weighted by Gasteiger charge is -2.15. The number of hydrogen-bond donors (Lipinski definition) is 2. The minimum atomic E-state index is -0.0845. The summed E-state index contributed by atoms with van der Waals surface area (Å²) < 4.78 is 11.7. The third-order valence-electron chi connectivity index (χ3n) is 4.05. The summed E-state index contributed by atoms with van der Waals surface area (Å²) in [6.45, 7) is 4.39. The van der Waals surface area contributed by atoms with Crippen LogP contribution in [0.2, 0.25) is 0 Å². The molecule has 3 aromatic carbocycles. The molecule has 0 spiro atoms. The van der Waals surface area contributed by atoms with Gasteiger partial charge in [0.25, 0.3) is 0 Å². The van der Waals surface area contributed by atoms with Gasteiger partial charge < -0.3 is 20.1 Å². The van der Waals surface area contributed by atoms with Gasteiger partial charge in [0.15, 0.2) is 5.75 Å². The number of carbonyl (C=O) groups excluding carboxylic acids is 1. The third kappa shape index (κ3) is 6.28. The average Bonchev–Trinajstić information content (AvgIpc) is 2.71. The Morgan fingerprint density at radius 3 is 2.17 bits per heavy atom. The lowest BCUT2D eigenvalue weighted by molar-refractivity contribution is -0.116. The van der Waals surface area contributed by atoms with Crippen molar-refractivity contribution in [2.45, 2.75) is 26.4 Å². The molecule has 0 saturated heterocycles. The summed E-state index contributed by atoms with van der Waals surface area (Å²) in [6, 6.07) is 24.7. The minimum absolute atomic E-state index is 0.0378. The molecule has 0 fully saturated rings. The zero-order valence-electron chi connectivity index (χ0n) is 16.7. The van der Waals surface area contributed by atoms with Crippen molar-refractivity contribution in [1.29, 1.82) is 0 Å². The van der Waals surface area contributed by atoms with E-state index in [1.165, 1.54) is 0 Å². The highest BCUT2D eigenvalue weighted by atomic mass is 16.5. The molecule has 0 radical (unpaired) electrons. The average molecular weight is 390 g/mol. The van der Waals surface area contributed by atoms with Gasteiger partial charge in [0.1, 0.15) is 11.5 Å². The van der Waals surface area contributed by atoms with Gasteiger partial charge in [0.05, 0.1) is 17.5 Å². The molecule has 150 valence electrons. The molecular formula is C24H26N2O3. The van der Waals surface area contributed by atoms with E-state index in [1.54, 1.807) is 0 Å². The number of amides is 1. The normalized spacial score (nSPS) is 10.4. The highest BCUT2D eigenvalue weighted by Crippen LogP contribution is 2.29. The second-order valence-corrected chi connectivity index (χ2v) is 6.80. The Morgan fingerprint density at radius 2 is 1.45 bits per heavy atom. The first-order valence-electron chi connectivity index (χ1n) is 9.73. The number of rotatable bonds is 9. The van der Waals surface area contributed by atoms with E-state index in [4.69, 9.17) is 9.47 Å². The zero-order valence-corrected chi connectivity index (χ0v) is 16.7. The molecule has 0 aromatic heterocycles. The quantitative estimate of drug-likeness (QED) is 0.491. The highest BCUT2D eigenvalue weighted by Gasteiger charge is 2.09. The third-order valence-corrected chi connectivity index (χ3v) is 4.05. The first-order valence-corrected chi connectivity index (χ1v) is 9.73. The molecule has 5 nitrogen and oxygen atoms in total. The fraction of sp³-hybridized carbons (Fsp3) is 0.208. The Balaban J connectivity index is 1.55. The van der Waals surface area contributed by atoms with Crippen molar-refractivity contribution in [1.82, 2.24) is 0 Å². The van der Waals surface area contributed by atoms with E-state index in [1.807, 2.05) is 92.7 Å². The summed E-state index contributed by atoms with van der Waals surface area (Å²) in [6.07, 6.45) is 0.353. The predicted molar refractivity (Wildman–Crippen MR) is 117 cm³/mol. The minimum Gasteiger partial charge on any atom is -0.489 e. The number of benzene rings is 3. The van der Waals surface area contributed by atoms with Crippen molar-refractivity contribution in [3.8, 4) is 17.2 Å². The Hall–Kier alpha value is -3.47. The number of carbonyl (C=O) groups is 1. The van der Waals surface area contributed by atoms with Crippen LogP contribution in [0.1, 0.15) is 20.3 Å². The molecule has 3 rings (SSSR count). The van der Waals surface area contributed by atoms with Gasteiger partial charge in [-0.05, 0) is 50.2 Å². The van der Waals surface area contributed by atoms with Crippen LogP contribution in [0.4, 0.5) is 11.4 Å². The summed E-state index contributed by atoms with van der Waals surface area (Å²) in [4.78, 5) is 12.4. The maximum atomic E-state index is 12.4. The summed E-state index contributed by atoms with van der Waals surface area (Å²) in [5, 5.41) is 6.20. The van der Waals surface area contributed by atoms with Crippen molar-refractivity contribution in [2.75, 3.05) is 17.2 Å². The van der Waals surface area contributed by atoms with E-state index in [0.29, 0.717) is 24.4 Å². The molecule has 0 aliphatic heterocycles. The van der Waals surface area contributed by atoms with Gasteiger partial charge in [0, 0.05) is 13.0 Å². The molecule has 3 aromatic rings. The molecule has 0 aliphatic carbocycles. The Labute approximate surface area is 171 Å². The summed E-state index contributed by atoms with van der Waals surface area (Å²) in [5.41, 5.74) is 1.52. The molecule has 5 heteroatoms. The van der Waals surface area contributed by atoms with Crippen LogP contribution in [0, 0.1) is 0 Å². The van der Waals surface area contributed by atoms with Crippen LogP contribution in [0.15, 0.2) is 78.9 Å². The molecule has 0 heterocycles. The van der Waals surface area contributed by atoms with E-state index in [9.17, 15) is 4.79 Å². The maximum absolute atomic E-state index is 12.4. The lowest BCUT2D eigenvalue weighted by atomic mass is 10.2. The van der Waals surface area contributed by atoms with Crippen LogP contribution in [0.5, 0.6) is 17.2 Å². The molecule has 0 bridgehead atoms. The number of ether oxygens (including phenoxy) is 2. The molecule has 2 N–H and O–H groups in total. The Kier molecular flexibility index (Phi) is 7.11. The second-order valence-electron chi connectivity index (χ2n) is 6.80. The fourth-order valence-corrected chi connectivity index (χ4v) is 2.77. The number of nitrogens with one attached hydrogen (secondary N) is 2. The van der Waals surface area contributed by atoms with Crippen molar-refractivity contribution in [3.63, 3.8) is 0 Å². The topological polar surface area (TPSA) is 59.6 Å². The Bertz CT molecular complexity index is 926. The maximum Gasteiger partial charge on any atom is 0.226 e. The van der Waals surface area contributed by atoms with E-state index >= 15 is 0 Å². The largest absolute Gasteiger partial charge is 0.489 e. The molecule has 0 saturated carbocycles. The van der Waals surface area contributed by atoms with E-state index in [0.717, 1.165) is 17.2 Å². The predicted octanol–water partition coefficient (Wildman–Crippen LogP) is 5.71. The zero-order chi connectivity index (χ0) is 20.5. The molecule has 0 aliphatic rings. The first-order chi connectivity index (χ1) is 14.1. The highest BCUT2D eigenvalue weighted by molar-refractivity contribution is 5.92. The number of para-hydroxylation sites is 5. The van der Waals surface area contributed by atoms with Crippen molar-refractivity contribution < 1.29 is 14.3 Å². The van der Waals surface area contributed by atoms with Gasteiger partial charge in [0.2, 0.25) is 5.91 Å². The van der Waals surface area contributed by atoms with Gasteiger partial charge in [-0.3, -0.25) is 4.79 Å². The van der Waals surface area contributed by atoms with Gasteiger partial charge in [-0.2, -0.15) is 0 Å². The molecular weight excluding hydrogens is 364 g/mol. The van der Waals surface area contributed by atoms with Crippen molar-refractivity contribution in [2.24, 2.45) is 0 Å². The molecule has 0 unspecified atom stereocenters. The van der Waals surface area contributed by atoms with Gasteiger partial charge in [-0.1, -0.05) is 42.5 Å². The Morgan fingerprint density at radius 1 is 0.828 bits per heavy atom. The lowest BCUT2D eigenvalue weighted by Crippen LogP contribution is -2.17. The summed E-state index contributed by atoms with van der Waals surface area (Å²) in [5.74, 6) is 2.07. The molecule has 0 atom stereocenters. The van der Waals surface area contributed by atoms with Crippen molar-refractivity contribution in [3.05, 3.63) is 78.9 Å². The van der Waals surface area contributed by atoms with Crippen molar-refractivity contribution >= 4 is 17.3 Å². The summed E-state index contributed by atoms with van der Waals surface area (Å²) >= 11 is 0. The van der Waals surface area contributed by atoms with Gasteiger partial charge in [-0.25, -0.2) is 0 Å². The van der Waals surface area contributed by atoms with Gasteiger partial charge in [-0.15, -0.1) is 0 Å². The SMILES string of the molecule is CC(C)Oc1ccccc1NC(=O)CCNc1ccccc1Oc1ccccc1. The van der Waals surface area contributed by atoms with E-state index < -0.39 is 0 Å². The van der Waals surface area contributed by atoms with E-state index in [2.05, 4.69) is 10.6 Å². The van der Waals surface area contributed by atoms with Crippen LogP contribution >= 0.6 is 0 Å².